The van der Waals surface area contributed by atoms with Gasteiger partial charge < -0.3 is 15.4 Å². The van der Waals surface area contributed by atoms with Crippen LogP contribution in [0, 0.1) is 11.8 Å². The Balaban J connectivity index is 1.33. The second-order valence-electron chi connectivity index (χ2n) is 5.98. The molecule has 122 valence electrons. The van der Waals surface area contributed by atoms with E-state index >= 15 is 0 Å². The summed E-state index contributed by atoms with van der Waals surface area (Å²) in [6.07, 6.45) is 2.58. The summed E-state index contributed by atoms with van der Waals surface area (Å²) in [4.78, 5) is 14.2. The quantitative estimate of drug-likeness (QED) is 0.825. The summed E-state index contributed by atoms with van der Waals surface area (Å²) in [6.45, 7) is 3.74. The molecule has 2 N–H and O–H groups in total. The molecule has 0 spiro atoms. The molecule has 5 nitrogen and oxygen atoms in total. The smallest absolute Gasteiger partial charge is 0.315 e. The van der Waals surface area contributed by atoms with E-state index in [0.717, 1.165) is 25.3 Å². The fraction of sp³-hybridized carbons (Fsp3) is 0.500. The van der Waals surface area contributed by atoms with Gasteiger partial charge in [0.05, 0.1) is 19.3 Å². The van der Waals surface area contributed by atoms with Crippen molar-refractivity contribution in [1.82, 2.24) is 15.5 Å². The molecule has 0 saturated carbocycles. The Morgan fingerprint density at radius 1 is 1.30 bits per heavy atom. The maximum absolute atomic E-state index is 11.8. The highest BCUT2D eigenvalue weighted by Crippen LogP contribution is 2.22. The lowest BCUT2D eigenvalue weighted by Crippen LogP contribution is -2.51. The Morgan fingerprint density at radius 3 is 3.04 bits per heavy atom. The molecule has 0 bridgehead atoms. The molecule has 3 rings (SSSR count). The number of urea groups is 1. The summed E-state index contributed by atoms with van der Waals surface area (Å²) in [5, 5.41) is 5.61. The van der Waals surface area contributed by atoms with Crippen LogP contribution >= 0.6 is 0 Å². The van der Waals surface area contributed by atoms with Gasteiger partial charge in [-0.15, -0.1) is 0 Å². The Kier molecular flexibility index (Phi) is 5.51. The number of fused-ring (bicyclic) bond motifs is 1. The Morgan fingerprint density at radius 2 is 2.17 bits per heavy atom. The second kappa shape index (κ2) is 8.00. The van der Waals surface area contributed by atoms with E-state index in [1.54, 1.807) is 0 Å². The highest BCUT2D eigenvalue weighted by Gasteiger charge is 2.32. The average Bonchev–Trinajstić information content (AvgIpc) is 3.05. The van der Waals surface area contributed by atoms with Crippen molar-refractivity contribution >= 4 is 6.03 Å². The SMILES string of the molecule is O=C(NCC#Cc1ccccc1)NC[C@@H]1CN2CCC[C@@H]2CO1. The lowest BCUT2D eigenvalue weighted by molar-refractivity contribution is -0.0457. The van der Waals surface area contributed by atoms with E-state index in [0.29, 0.717) is 19.1 Å². The molecule has 2 saturated heterocycles. The van der Waals surface area contributed by atoms with E-state index < -0.39 is 0 Å². The number of nitrogens with one attached hydrogen (secondary N) is 2. The standard InChI is InChI=1S/C18H23N3O2/c22-18(19-10-4-8-15-6-2-1-3-7-15)20-12-17-13-21-11-5-9-16(21)14-23-17/h1-3,6-7,16-17H,5,9-14H2,(H2,19,20,22)/t16-,17-/m1/s1. The predicted molar refractivity (Wildman–Crippen MR) is 89.1 cm³/mol. The molecular formula is C18H23N3O2. The Bertz CT molecular complexity index is 579. The van der Waals surface area contributed by atoms with Crippen LogP contribution in [-0.2, 0) is 4.74 Å². The molecule has 0 aliphatic carbocycles. The van der Waals surface area contributed by atoms with Gasteiger partial charge in [-0.3, -0.25) is 4.90 Å². The molecule has 2 aliphatic heterocycles. The van der Waals surface area contributed by atoms with E-state index in [-0.39, 0.29) is 12.1 Å². The van der Waals surface area contributed by atoms with Gasteiger partial charge in [-0.25, -0.2) is 4.79 Å². The van der Waals surface area contributed by atoms with Gasteiger partial charge in [-0.1, -0.05) is 30.0 Å². The van der Waals surface area contributed by atoms with Crippen molar-refractivity contribution in [2.45, 2.75) is 25.0 Å². The first-order valence-electron chi connectivity index (χ1n) is 8.22. The van der Waals surface area contributed by atoms with Crippen LogP contribution in [0.3, 0.4) is 0 Å². The highest BCUT2D eigenvalue weighted by molar-refractivity contribution is 5.74. The number of benzene rings is 1. The number of hydrogen-bond acceptors (Lipinski definition) is 3. The number of amides is 2. The van der Waals surface area contributed by atoms with Crippen LogP contribution in [-0.4, -0.2) is 55.9 Å². The lowest BCUT2D eigenvalue weighted by atomic mass is 10.2. The third-order valence-corrected chi connectivity index (χ3v) is 4.30. The van der Waals surface area contributed by atoms with Gasteiger partial charge in [-0.2, -0.15) is 0 Å². The van der Waals surface area contributed by atoms with Gasteiger partial charge >= 0.3 is 6.03 Å². The predicted octanol–water partition coefficient (Wildman–Crippen LogP) is 1.20. The number of carbonyl (C=O) groups is 1. The average molecular weight is 313 g/mol. The van der Waals surface area contributed by atoms with Crippen molar-refractivity contribution in [2.75, 3.05) is 32.8 Å². The first-order chi connectivity index (χ1) is 11.3. The topological polar surface area (TPSA) is 53.6 Å². The monoisotopic (exact) mass is 313 g/mol. The fourth-order valence-electron chi connectivity index (χ4n) is 3.07. The van der Waals surface area contributed by atoms with Crippen molar-refractivity contribution < 1.29 is 9.53 Å². The Labute approximate surface area is 137 Å². The summed E-state index contributed by atoms with van der Waals surface area (Å²) in [5.41, 5.74) is 0.950. The molecule has 0 radical (unpaired) electrons. The summed E-state index contributed by atoms with van der Waals surface area (Å²) < 4.78 is 5.81. The fourth-order valence-corrected chi connectivity index (χ4v) is 3.07. The highest BCUT2D eigenvalue weighted by atomic mass is 16.5. The van der Waals surface area contributed by atoms with Crippen LogP contribution in [0.5, 0.6) is 0 Å². The molecule has 2 atom stereocenters. The zero-order valence-corrected chi connectivity index (χ0v) is 13.3. The number of carbonyl (C=O) groups excluding carboxylic acids is 1. The third kappa shape index (κ3) is 4.72. The van der Waals surface area contributed by atoms with Gasteiger partial charge in [0, 0.05) is 24.7 Å². The van der Waals surface area contributed by atoms with Crippen LogP contribution in [0.25, 0.3) is 0 Å². The van der Waals surface area contributed by atoms with Crippen LogP contribution in [0.1, 0.15) is 18.4 Å². The van der Waals surface area contributed by atoms with Crippen molar-refractivity contribution in [3.63, 3.8) is 0 Å². The van der Waals surface area contributed by atoms with E-state index in [1.807, 2.05) is 30.3 Å². The molecule has 0 unspecified atom stereocenters. The van der Waals surface area contributed by atoms with Crippen molar-refractivity contribution in [3.05, 3.63) is 35.9 Å². The minimum absolute atomic E-state index is 0.0884. The maximum Gasteiger partial charge on any atom is 0.315 e. The second-order valence-corrected chi connectivity index (χ2v) is 5.98. The van der Waals surface area contributed by atoms with E-state index in [1.165, 1.54) is 12.8 Å². The van der Waals surface area contributed by atoms with Gasteiger partial charge in [0.15, 0.2) is 0 Å². The van der Waals surface area contributed by atoms with Crippen LogP contribution in [0.4, 0.5) is 4.79 Å². The molecule has 0 aromatic heterocycles. The zero-order chi connectivity index (χ0) is 15.9. The number of ether oxygens (including phenoxy) is 1. The summed E-state index contributed by atoms with van der Waals surface area (Å²) in [6, 6.07) is 10.1. The number of nitrogens with zero attached hydrogens (tertiary/aromatic N) is 1. The van der Waals surface area contributed by atoms with Crippen molar-refractivity contribution in [3.8, 4) is 11.8 Å². The molecule has 5 heteroatoms. The third-order valence-electron chi connectivity index (χ3n) is 4.30. The number of morpholine rings is 1. The number of hydrogen-bond donors (Lipinski definition) is 2. The first kappa shape index (κ1) is 15.9. The van der Waals surface area contributed by atoms with Crippen LogP contribution in [0.15, 0.2) is 30.3 Å². The van der Waals surface area contributed by atoms with E-state index in [4.69, 9.17) is 4.74 Å². The van der Waals surface area contributed by atoms with Crippen LogP contribution < -0.4 is 10.6 Å². The molecule has 1 aromatic carbocycles. The van der Waals surface area contributed by atoms with E-state index in [2.05, 4.69) is 27.4 Å². The van der Waals surface area contributed by atoms with Gasteiger partial charge in [0.1, 0.15) is 0 Å². The lowest BCUT2D eigenvalue weighted by Gasteiger charge is -2.35. The van der Waals surface area contributed by atoms with Gasteiger partial charge in [-0.05, 0) is 31.5 Å². The number of rotatable bonds is 3. The maximum atomic E-state index is 11.8. The van der Waals surface area contributed by atoms with E-state index in [9.17, 15) is 4.79 Å². The van der Waals surface area contributed by atoms with Gasteiger partial charge in [0.2, 0.25) is 0 Å². The molecule has 2 heterocycles. The van der Waals surface area contributed by atoms with Crippen molar-refractivity contribution in [2.24, 2.45) is 0 Å². The minimum atomic E-state index is -0.195. The largest absolute Gasteiger partial charge is 0.373 e. The normalized spacial score (nSPS) is 23.5. The summed E-state index contributed by atoms with van der Waals surface area (Å²) >= 11 is 0. The molecule has 2 fully saturated rings. The molecule has 2 aliphatic rings. The molecule has 2 amide bonds. The van der Waals surface area contributed by atoms with Crippen LogP contribution in [0.2, 0.25) is 0 Å². The van der Waals surface area contributed by atoms with Crippen molar-refractivity contribution in [1.29, 1.82) is 0 Å². The Hall–Kier alpha value is -2.03. The minimum Gasteiger partial charge on any atom is -0.373 e. The summed E-state index contributed by atoms with van der Waals surface area (Å²) in [5.74, 6) is 5.95. The first-order valence-corrected chi connectivity index (χ1v) is 8.22. The summed E-state index contributed by atoms with van der Waals surface area (Å²) in [7, 11) is 0. The zero-order valence-electron chi connectivity index (χ0n) is 13.3. The molecular weight excluding hydrogens is 290 g/mol. The molecule has 23 heavy (non-hydrogen) atoms. The molecule has 1 aromatic rings. The van der Waals surface area contributed by atoms with Gasteiger partial charge in [0.25, 0.3) is 0 Å².